The second kappa shape index (κ2) is 9.03. The third-order valence-corrected chi connectivity index (χ3v) is 6.67. The Kier molecular flexibility index (Phi) is 7.32. The first kappa shape index (κ1) is 24.3. The van der Waals surface area contributed by atoms with E-state index in [1.54, 1.807) is 12.2 Å². The average Bonchev–Trinajstić information content (AvgIpc) is 2.55. The van der Waals surface area contributed by atoms with E-state index in [9.17, 15) is 14.4 Å². The van der Waals surface area contributed by atoms with E-state index in [2.05, 4.69) is 62.2 Å². The van der Waals surface area contributed by atoms with E-state index >= 15 is 0 Å². The van der Waals surface area contributed by atoms with E-state index in [0.717, 1.165) is 38.5 Å². The van der Waals surface area contributed by atoms with Crippen LogP contribution in [0.15, 0.2) is 9.98 Å². The monoisotopic (exact) mass is 418 g/mol. The summed E-state index contributed by atoms with van der Waals surface area (Å²) in [6.07, 6.45) is 8.59. The summed E-state index contributed by atoms with van der Waals surface area (Å²) in [5, 5.41) is 6.06. The number of hydrogen-bond acceptors (Lipinski definition) is 5. The summed E-state index contributed by atoms with van der Waals surface area (Å²) in [6, 6.07) is -0.269. The molecule has 0 radical (unpaired) electrons. The summed E-state index contributed by atoms with van der Waals surface area (Å²) in [5.74, 6) is 0. The lowest BCUT2D eigenvalue weighted by Crippen LogP contribution is -2.50. The van der Waals surface area contributed by atoms with Crippen LogP contribution in [0, 0.1) is 21.7 Å². The van der Waals surface area contributed by atoms with Crippen molar-refractivity contribution in [1.82, 2.24) is 10.6 Å². The minimum Gasteiger partial charge on any atom is -0.338 e. The zero-order valence-electron chi connectivity index (χ0n) is 19.4. The molecular weight excluding hydrogens is 380 g/mol. The Balaban J connectivity index is 1.92. The number of hydrogen-bond donors (Lipinski definition) is 2. The fourth-order valence-corrected chi connectivity index (χ4v) is 6.41. The molecule has 2 aliphatic rings. The van der Waals surface area contributed by atoms with Crippen molar-refractivity contribution in [3.63, 3.8) is 0 Å². The van der Waals surface area contributed by atoms with Crippen LogP contribution in [0.4, 0.5) is 4.79 Å². The summed E-state index contributed by atoms with van der Waals surface area (Å²) in [4.78, 5) is 42.0. The van der Waals surface area contributed by atoms with E-state index in [1.165, 1.54) is 0 Å². The summed E-state index contributed by atoms with van der Waals surface area (Å²) >= 11 is 0. The van der Waals surface area contributed by atoms with E-state index in [1.807, 2.05) is 0 Å². The van der Waals surface area contributed by atoms with Gasteiger partial charge in [-0.15, -0.1) is 0 Å². The lowest BCUT2D eigenvalue weighted by Gasteiger charge is -2.46. The van der Waals surface area contributed by atoms with E-state index in [0.29, 0.717) is 13.1 Å². The maximum atomic E-state index is 12.6. The van der Waals surface area contributed by atoms with Crippen molar-refractivity contribution in [1.29, 1.82) is 0 Å². The number of nitrogens with zero attached hydrogens (tertiary/aromatic N) is 2. The largest absolute Gasteiger partial charge is 0.338 e. The molecule has 7 heteroatoms. The summed E-state index contributed by atoms with van der Waals surface area (Å²) in [5.41, 5.74) is -0.119. The second-order valence-corrected chi connectivity index (χ2v) is 11.9. The van der Waals surface area contributed by atoms with Crippen molar-refractivity contribution in [3.05, 3.63) is 0 Å². The number of rotatable bonds is 6. The minimum atomic E-state index is -0.185. The van der Waals surface area contributed by atoms with E-state index in [4.69, 9.17) is 0 Å². The van der Waals surface area contributed by atoms with Crippen LogP contribution >= 0.6 is 0 Å². The molecule has 30 heavy (non-hydrogen) atoms. The molecule has 168 valence electrons. The topological polar surface area (TPSA) is 100.0 Å². The third-order valence-electron chi connectivity index (χ3n) is 6.67. The molecule has 2 N–H and O–H groups in total. The molecule has 0 heterocycles. The lowest BCUT2D eigenvalue weighted by molar-refractivity contribution is 0.0805. The van der Waals surface area contributed by atoms with Gasteiger partial charge >= 0.3 is 6.03 Å². The molecule has 4 atom stereocenters. The third kappa shape index (κ3) is 7.07. The van der Waals surface area contributed by atoms with Gasteiger partial charge in [0.15, 0.2) is 0 Å². The van der Waals surface area contributed by atoms with Crippen LogP contribution in [-0.4, -0.2) is 43.4 Å². The van der Waals surface area contributed by atoms with Gasteiger partial charge in [-0.25, -0.2) is 24.4 Å². The number of carbonyl (C=O) groups is 1. The highest BCUT2D eigenvalue weighted by molar-refractivity contribution is 5.73. The molecule has 2 rings (SSSR count). The SMILES string of the molecule is CC1(C)C[C@@H](N=C=O)C[C@](C)(CNC(=O)NC[C@@]2(C)C[C@H](N=C=O)CC(C)(C)C2)C1. The van der Waals surface area contributed by atoms with Crippen LogP contribution in [0.25, 0.3) is 0 Å². The fourth-order valence-electron chi connectivity index (χ4n) is 6.41. The maximum absolute atomic E-state index is 12.6. The lowest BCUT2D eigenvalue weighted by atomic mass is 9.62. The fraction of sp³-hybridized carbons (Fsp3) is 0.870. The molecule has 2 saturated carbocycles. The van der Waals surface area contributed by atoms with Crippen LogP contribution < -0.4 is 10.6 Å². The molecule has 0 saturated heterocycles. The molecule has 0 aliphatic heterocycles. The van der Waals surface area contributed by atoms with Crippen LogP contribution in [0.5, 0.6) is 0 Å². The van der Waals surface area contributed by atoms with Gasteiger partial charge in [0.25, 0.3) is 0 Å². The summed E-state index contributed by atoms with van der Waals surface area (Å²) in [7, 11) is 0. The number of aliphatic imine (C=N–C) groups is 2. The molecule has 0 aromatic rings. The number of isocyanates is 2. The van der Waals surface area contributed by atoms with Gasteiger partial charge in [0, 0.05) is 13.1 Å². The van der Waals surface area contributed by atoms with Gasteiger partial charge in [0.05, 0.1) is 12.1 Å². The van der Waals surface area contributed by atoms with Gasteiger partial charge in [-0.05, 0) is 60.2 Å². The second-order valence-electron chi connectivity index (χ2n) is 11.9. The van der Waals surface area contributed by atoms with E-state index < -0.39 is 0 Å². The zero-order valence-corrected chi connectivity index (χ0v) is 19.4. The molecule has 7 nitrogen and oxygen atoms in total. The molecule has 2 amide bonds. The van der Waals surface area contributed by atoms with Gasteiger partial charge in [-0.1, -0.05) is 41.5 Å². The Morgan fingerprint density at radius 2 is 1.13 bits per heavy atom. The van der Waals surface area contributed by atoms with Crippen LogP contribution in [0.2, 0.25) is 0 Å². The van der Waals surface area contributed by atoms with Crippen LogP contribution in [0.3, 0.4) is 0 Å². The van der Waals surface area contributed by atoms with Gasteiger partial charge in [0.2, 0.25) is 12.2 Å². The highest BCUT2D eigenvalue weighted by Crippen LogP contribution is 2.47. The molecule has 2 fully saturated rings. The summed E-state index contributed by atoms with van der Waals surface area (Å²) in [6.45, 7) is 14.1. The highest BCUT2D eigenvalue weighted by atomic mass is 16.2. The first-order valence-corrected chi connectivity index (χ1v) is 11.0. The standard InChI is InChI=1S/C23H38N4O3/c1-20(2)7-17(26-15-28)9-22(5,11-20)13-24-19(30)25-14-23(6)10-18(27-16-29)8-21(3,4)12-23/h17-18H,7-14H2,1-6H3,(H2,24,25,30)/t17-,18-,22+,23+/m1/s1. The van der Waals surface area contributed by atoms with Gasteiger partial charge in [0.1, 0.15) is 0 Å². The number of nitrogens with one attached hydrogen (secondary N) is 2. The zero-order chi connectivity index (χ0) is 22.6. The van der Waals surface area contributed by atoms with Crippen LogP contribution in [-0.2, 0) is 9.59 Å². The van der Waals surface area contributed by atoms with Gasteiger partial charge < -0.3 is 10.6 Å². The Labute approximate surface area is 180 Å². The maximum Gasteiger partial charge on any atom is 0.314 e. The van der Waals surface area contributed by atoms with Crippen molar-refractivity contribution in [2.45, 2.75) is 92.2 Å². The Hall–Kier alpha value is -1.97. The number of urea groups is 1. The highest BCUT2D eigenvalue weighted by Gasteiger charge is 2.43. The van der Waals surface area contributed by atoms with E-state index in [-0.39, 0.29) is 39.8 Å². The Bertz CT molecular complexity index is 677. The number of amides is 2. The molecule has 0 bridgehead atoms. The molecule has 0 aromatic heterocycles. The van der Waals surface area contributed by atoms with Crippen molar-refractivity contribution < 1.29 is 14.4 Å². The normalized spacial score (nSPS) is 34.7. The molecule has 0 aromatic carbocycles. The molecule has 0 spiro atoms. The van der Waals surface area contributed by atoms with Crippen molar-refractivity contribution in [2.24, 2.45) is 31.6 Å². The smallest absolute Gasteiger partial charge is 0.314 e. The quantitative estimate of drug-likeness (QED) is 0.501. The molecule has 2 aliphatic carbocycles. The molecule has 0 unspecified atom stereocenters. The predicted octanol–water partition coefficient (Wildman–Crippen LogP) is 4.13. The average molecular weight is 419 g/mol. The predicted molar refractivity (Wildman–Crippen MR) is 117 cm³/mol. The van der Waals surface area contributed by atoms with Crippen LogP contribution in [0.1, 0.15) is 80.1 Å². The van der Waals surface area contributed by atoms with Gasteiger partial charge in [-0.3, -0.25) is 0 Å². The summed E-state index contributed by atoms with van der Waals surface area (Å²) < 4.78 is 0. The van der Waals surface area contributed by atoms with Gasteiger partial charge in [-0.2, -0.15) is 0 Å². The minimum absolute atomic E-state index is 0.0419. The van der Waals surface area contributed by atoms with Crippen molar-refractivity contribution in [3.8, 4) is 0 Å². The Morgan fingerprint density at radius 1 is 0.767 bits per heavy atom. The number of carbonyl (C=O) groups excluding carboxylic acids is 3. The Morgan fingerprint density at radius 3 is 1.47 bits per heavy atom. The van der Waals surface area contributed by atoms with Crippen molar-refractivity contribution in [2.75, 3.05) is 13.1 Å². The first-order chi connectivity index (χ1) is 13.8. The first-order valence-electron chi connectivity index (χ1n) is 11.0. The van der Waals surface area contributed by atoms with Crippen molar-refractivity contribution >= 4 is 18.2 Å². The molecular formula is C23H38N4O3.